The number of alkyl halides is 3. The number of rotatable bonds is 6. The van der Waals surface area contributed by atoms with Crippen LogP contribution >= 0.6 is 0 Å². The van der Waals surface area contributed by atoms with Crippen molar-refractivity contribution in [3.8, 4) is 11.3 Å². The van der Waals surface area contributed by atoms with Gasteiger partial charge in [0, 0.05) is 18.7 Å². The summed E-state index contributed by atoms with van der Waals surface area (Å²) in [7, 11) is 0. The van der Waals surface area contributed by atoms with Crippen LogP contribution in [0.1, 0.15) is 17.5 Å². The summed E-state index contributed by atoms with van der Waals surface area (Å²) in [6, 6.07) is 8.22. The van der Waals surface area contributed by atoms with Gasteiger partial charge in [0.05, 0.1) is 18.4 Å². The zero-order chi connectivity index (χ0) is 17.9. The number of benzene rings is 1. The van der Waals surface area contributed by atoms with E-state index in [-0.39, 0.29) is 5.92 Å². The van der Waals surface area contributed by atoms with E-state index in [2.05, 4.69) is 39.8 Å². The van der Waals surface area contributed by atoms with Crippen molar-refractivity contribution in [2.45, 2.75) is 26.1 Å². The molecule has 1 unspecified atom stereocenters. The number of aromatic nitrogens is 2. The lowest BCUT2D eigenvalue weighted by Crippen LogP contribution is -2.33. The van der Waals surface area contributed by atoms with Crippen LogP contribution in [0.3, 0.4) is 0 Å². The van der Waals surface area contributed by atoms with E-state index in [1.807, 2.05) is 6.92 Å². The van der Waals surface area contributed by atoms with Crippen LogP contribution in [-0.2, 0) is 6.54 Å². The third-order valence-electron chi connectivity index (χ3n) is 4.58. The Morgan fingerprint density at radius 3 is 2.76 bits per heavy atom. The number of hydrogen-bond acceptors (Lipinski definition) is 3. The molecule has 1 aliphatic rings. The lowest BCUT2D eigenvalue weighted by atomic mass is 10.1. The predicted octanol–water partition coefficient (Wildman–Crippen LogP) is 3.36. The molecular formula is C18H23F3N4. The van der Waals surface area contributed by atoms with Gasteiger partial charge < -0.3 is 5.32 Å². The molecule has 0 saturated carbocycles. The molecule has 2 heterocycles. The molecule has 1 aromatic heterocycles. The van der Waals surface area contributed by atoms with Crippen molar-refractivity contribution >= 4 is 0 Å². The summed E-state index contributed by atoms with van der Waals surface area (Å²) in [6.45, 7) is 3.63. The van der Waals surface area contributed by atoms with Gasteiger partial charge in [0.15, 0.2) is 0 Å². The second-order valence-electron chi connectivity index (χ2n) is 6.77. The molecule has 1 saturated heterocycles. The summed E-state index contributed by atoms with van der Waals surface area (Å²) in [5, 5.41) is 10.5. The van der Waals surface area contributed by atoms with Gasteiger partial charge in [-0.05, 0) is 37.9 Å². The number of hydrogen-bond donors (Lipinski definition) is 2. The molecule has 0 bridgehead atoms. The fraction of sp³-hybridized carbons (Fsp3) is 0.500. The predicted molar refractivity (Wildman–Crippen MR) is 91.1 cm³/mol. The Hall–Kier alpha value is -1.86. The Balaban J connectivity index is 1.49. The van der Waals surface area contributed by atoms with Gasteiger partial charge in [-0.1, -0.05) is 29.8 Å². The van der Waals surface area contributed by atoms with Crippen LogP contribution in [0, 0.1) is 12.8 Å². The van der Waals surface area contributed by atoms with Gasteiger partial charge in [0.2, 0.25) is 0 Å². The summed E-state index contributed by atoms with van der Waals surface area (Å²) >= 11 is 0. The highest BCUT2D eigenvalue weighted by Crippen LogP contribution is 2.23. The van der Waals surface area contributed by atoms with Crippen molar-refractivity contribution in [2.24, 2.45) is 5.92 Å². The van der Waals surface area contributed by atoms with Crippen LogP contribution in [-0.4, -0.2) is 47.5 Å². The van der Waals surface area contributed by atoms with Gasteiger partial charge in [-0.25, -0.2) is 0 Å². The van der Waals surface area contributed by atoms with E-state index in [0.717, 1.165) is 23.2 Å². The van der Waals surface area contributed by atoms with Crippen molar-refractivity contribution in [2.75, 3.05) is 26.2 Å². The van der Waals surface area contributed by atoms with Crippen molar-refractivity contribution in [3.63, 3.8) is 0 Å². The molecule has 7 heteroatoms. The molecule has 25 heavy (non-hydrogen) atoms. The lowest BCUT2D eigenvalue weighted by Gasteiger charge is -2.18. The first-order valence-electron chi connectivity index (χ1n) is 8.50. The third-order valence-corrected chi connectivity index (χ3v) is 4.58. The normalized spacial score (nSPS) is 18.8. The molecule has 1 fully saturated rings. The number of aryl methyl sites for hydroxylation is 1. The Morgan fingerprint density at radius 2 is 2.04 bits per heavy atom. The molecule has 0 spiro atoms. The highest BCUT2D eigenvalue weighted by atomic mass is 19.4. The summed E-state index contributed by atoms with van der Waals surface area (Å²) in [5.41, 5.74) is 4.33. The standard InChI is InChI=1S/C18H23F3N4/c1-13-2-4-15(5-3-13)17-16(10-23-24-17)9-22-8-14-6-7-25(11-14)12-18(19,20)21/h2-5,10,14,22H,6-9,11-12H2,1H3,(H,23,24). The molecule has 2 aromatic rings. The maximum Gasteiger partial charge on any atom is 0.401 e. The van der Waals surface area contributed by atoms with Crippen LogP contribution in [0.4, 0.5) is 13.2 Å². The Bertz CT molecular complexity index is 678. The van der Waals surface area contributed by atoms with Gasteiger partial charge in [-0.2, -0.15) is 18.3 Å². The molecule has 1 aliphatic heterocycles. The summed E-state index contributed by atoms with van der Waals surface area (Å²) in [6.07, 6.45) is -1.51. The van der Waals surface area contributed by atoms with Gasteiger partial charge >= 0.3 is 6.18 Å². The van der Waals surface area contributed by atoms with Gasteiger partial charge in [0.1, 0.15) is 0 Å². The zero-order valence-electron chi connectivity index (χ0n) is 14.2. The minimum Gasteiger partial charge on any atom is -0.312 e. The van der Waals surface area contributed by atoms with Crippen molar-refractivity contribution < 1.29 is 13.2 Å². The highest BCUT2D eigenvalue weighted by molar-refractivity contribution is 5.62. The second-order valence-corrected chi connectivity index (χ2v) is 6.77. The molecule has 0 aliphatic carbocycles. The van der Waals surface area contributed by atoms with Crippen LogP contribution in [0.2, 0.25) is 0 Å². The fourth-order valence-electron chi connectivity index (χ4n) is 3.30. The first kappa shape index (κ1) is 17.9. The topological polar surface area (TPSA) is 44.0 Å². The van der Waals surface area contributed by atoms with E-state index < -0.39 is 12.7 Å². The molecule has 2 N–H and O–H groups in total. The minimum absolute atomic E-state index is 0.261. The second kappa shape index (κ2) is 7.58. The zero-order valence-corrected chi connectivity index (χ0v) is 14.2. The number of nitrogens with one attached hydrogen (secondary N) is 2. The largest absolute Gasteiger partial charge is 0.401 e. The minimum atomic E-state index is -4.11. The highest BCUT2D eigenvalue weighted by Gasteiger charge is 2.34. The average Bonchev–Trinajstić information content (AvgIpc) is 3.16. The average molecular weight is 352 g/mol. The first-order valence-corrected chi connectivity index (χ1v) is 8.50. The maximum atomic E-state index is 12.4. The van der Waals surface area contributed by atoms with E-state index >= 15 is 0 Å². The molecule has 136 valence electrons. The number of halogens is 3. The van der Waals surface area contributed by atoms with E-state index in [1.165, 1.54) is 10.5 Å². The monoisotopic (exact) mass is 352 g/mol. The van der Waals surface area contributed by atoms with Crippen molar-refractivity contribution in [1.82, 2.24) is 20.4 Å². The summed E-state index contributed by atoms with van der Waals surface area (Å²) in [5.74, 6) is 0.261. The molecular weight excluding hydrogens is 329 g/mol. The quantitative estimate of drug-likeness (QED) is 0.838. The summed E-state index contributed by atoms with van der Waals surface area (Å²) < 4.78 is 37.3. The van der Waals surface area contributed by atoms with Gasteiger partial charge in [0.25, 0.3) is 0 Å². The number of H-pyrrole nitrogens is 1. The number of nitrogens with zero attached hydrogens (tertiary/aromatic N) is 2. The van der Waals surface area contributed by atoms with Crippen LogP contribution < -0.4 is 5.32 Å². The van der Waals surface area contributed by atoms with Crippen LogP contribution in [0.15, 0.2) is 30.5 Å². The molecule has 0 amide bonds. The van der Waals surface area contributed by atoms with E-state index in [1.54, 1.807) is 6.20 Å². The maximum absolute atomic E-state index is 12.4. The fourth-order valence-corrected chi connectivity index (χ4v) is 3.30. The molecule has 3 rings (SSSR count). The summed E-state index contributed by atoms with van der Waals surface area (Å²) in [4.78, 5) is 1.49. The van der Waals surface area contributed by atoms with Crippen molar-refractivity contribution in [3.05, 3.63) is 41.6 Å². The Morgan fingerprint density at radius 1 is 1.28 bits per heavy atom. The molecule has 1 atom stereocenters. The van der Waals surface area contributed by atoms with Crippen LogP contribution in [0.5, 0.6) is 0 Å². The molecule has 1 aromatic carbocycles. The Labute approximate surface area is 145 Å². The number of likely N-dealkylation sites (tertiary alicyclic amines) is 1. The lowest BCUT2D eigenvalue weighted by molar-refractivity contribution is -0.143. The van der Waals surface area contributed by atoms with Gasteiger partial charge in [-0.15, -0.1) is 0 Å². The number of aromatic amines is 1. The van der Waals surface area contributed by atoms with Gasteiger partial charge in [-0.3, -0.25) is 10.00 Å². The smallest absolute Gasteiger partial charge is 0.312 e. The van der Waals surface area contributed by atoms with E-state index in [9.17, 15) is 13.2 Å². The Kier molecular flexibility index (Phi) is 5.44. The van der Waals surface area contributed by atoms with Crippen molar-refractivity contribution in [1.29, 1.82) is 0 Å². The van der Waals surface area contributed by atoms with E-state index in [0.29, 0.717) is 26.2 Å². The third kappa shape index (κ3) is 5.06. The van der Waals surface area contributed by atoms with Crippen LogP contribution in [0.25, 0.3) is 11.3 Å². The van der Waals surface area contributed by atoms with E-state index in [4.69, 9.17) is 0 Å². The SMILES string of the molecule is Cc1ccc(-c2[nH]ncc2CNCC2CCN(CC(F)(F)F)C2)cc1. The molecule has 0 radical (unpaired) electrons. The first-order chi connectivity index (χ1) is 11.9. The molecule has 4 nitrogen and oxygen atoms in total.